The molecule has 16 heavy (non-hydrogen) atoms. The molecule has 1 amide bonds. The number of carbonyl (C=O) groups is 1. The maximum Gasteiger partial charge on any atom is 0.245 e. The highest BCUT2D eigenvalue weighted by atomic mass is 16.7. The summed E-state index contributed by atoms with van der Waals surface area (Å²) < 4.78 is 10.9. The van der Waals surface area contributed by atoms with E-state index in [1.807, 2.05) is 6.08 Å². The number of hydrogen-bond donors (Lipinski definition) is 0. The molecule has 1 fully saturated rings. The van der Waals surface area contributed by atoms with Gasteiger partial charge in [0.05, 0.1) is 6.61 Å². The largest absolute Gasteiger partial charge is 0.353 e. The zero-order valence-electron chi connectivity index (χ0n) is 10.1. The van der Waals surface area contributed by atoms with E-state index in [9.17, 15) is 4.79 Å². The molecule has 0 aliphatic carbocycles. The minimum absolute atomic E-state index is 0.00826. The smallest absolute Gasteiger partial charge is 0.245 e. The van der Waals surface area contributed by atoms with Gasteiger partial charge < -0.3 is 14.4 Å². The monoisotopic (exact) mass is 227 g/mol. The molecule has 0 bridgehead atoms. The normalized spacial score (nSPS) is 21.2. The van der Waals surface area contributed by atoms with Crippen molar-refractivity contribution in [1.29, 1.82) is 0 Å². The second-order valence-corrected chi connectivity index (χ2v) is 4.09. The van der Waals surface area contributed by atoms with E-state index in [1.165, 1.54) is 6.42 Å². The Bertz CT molecular complexity index is 232. The maximum atomic E-state index is 11.2. The van der Waals surface area contributed by atoms with Gasteiger partial charge in [-0.2, -0.15) is 0 Å². The second-order valence-electron chi connectivity index (χ2n) is 4.09. The molecule has 4 nitrogen and oxygen atoms in total. The number of ether oxygens (including phenoxy) is 2. The Morgan fingerprint density at radius 1 is 1.50 bits per heavy atom. The summed E-state index contributed by atoms with van der Waals surface area (Å²) in [6, 6.07) is 0. The number of carbonyl (C=O) groups excluding carboxylic acids is 1. The number of nitrogens with zero attached hydrogens (tertiary/aromatic N) is 1. The average Bonchev–Trinajstić information content (AvgIpc) is 2.29. The second kappa shape index (κ2) is 7.41. The van der Waals surface area contributed by atoms with Gasteiger partial charge in [0, 0.05) is 20.7 Å². The number of likely N-dealkylation sites (N-methyl/N-ethyl adjacent to an activating group) is 1. The van der Waals surface area contributed by atoms with Crippen LogP contribution >= 0.6 is 0 Å². The van der Waals surface area contributed by atoms with Crippen molar-refractivity contribution in [1.82, 2.24) is 4.90 Å². The van der Waals surface area contributed by atoms with Crippen LogP contribution in [0.15, 0.2) is 12.2 Å². The predicted molar refractivity (Wildman–Crippen MR) is 62.0 cm³/mol. The lowest BCUT2D eigenvalue weighted by atomic mass is 10.2. The van der Waals surface area contributed by atoms with Gasteiger partial charge in [0.25, 0.3) is 0 Å². The molecule has 1 saturated heterocycles. The van der Waals surface area contributed by atoms with Crippen molar-refractivity contribution in [2.45, 2.75) is 32.0 Å². The topological polar surface area (TPSA) is 38.8 Å². The van der Waals surface area contributed by atoms with Crippen LogP contribution < -0.4 is 0 Å². The van der Waals surface area contributed by atoms with Crippen molar-refractivity contribution in [3.8, 4) is 0 Å². The minimum Gasteiger partial charge on any atom is -0.353 e. The van der Waals surface area contributed by atoms with Crippen molar-refractivity contribution in [2.24, 2.45) is 0 Å². The summed E-state index contributed by atoms with van der Waals surface area (Å²) >= 11 is 0. The lowest BCUT2D eigenvalue weighted by Crippen LogP contribution is -2.22. The summed E-state index contributed by atoms with van der Waals surface area (Å²) in [5.74, 6) is 0.00826. The summed E-state index contributed by atoms with van der Waals surface area (Å²) in [6.45, 7) is 1.42. The molecule has 0 aromatic rings. The predicted octanol–water partition coefficient (Wildman–Crippen LogP) is 1.56. The first-order chi connectivity index (χ1) is 7.70. The number of amides is 1. The van der Waals surface area contributed by atoms with Gasteiger partial charge >= 0.3 is 0 Å². The summed E-state index contributed by atoms with van der Waals surface area (Å²) in [7, 11) is 3.47. The molecule has 1 heterocycles. The van der Waals surface area contributed by atoms with Gasteiger partial charge in [0.15, 0.2) is 6.29 Å². The number of hydrogen-bond acceptors (Lipinski definition) is 3. The van der Waals surface area contributed by atoms with Crippen LogP contribution in [0, 0.1) is 0 Å². The Kier molecular flexibility index (Phi) is 6.11. The van der Waals surface area contributed by atoms with Crippen molar-refractivity contribution in [3.05, 3.63) is 12.2 Å². The number of rotatable bonds is 5. The fourth-order valence-electron chi connectivity index (χ4n) is 1.44. The average molecular weight is 227 g/mol. The van der Waals surface area contributed by atoms with Crippen LogP contribution in [0.4, 0.5) is 0 Å². The van der Waals surface area contributed by atoms with Crippen molar-refractivity contribution < 1.29 is 14.3 Å². The van der Waals surface area contributed by atoms with Crippen LogP contribution in [0.1, 0.15) is 25.7 Å². The lowest BCUT2D eigenvalue weighted by Gasteiger charge is -2.22. The van der Waals surface area contributed by atoms with E-state index in [0.29, 0.717) is 6.61 Å². The van der Waals surface area contributed by atoms with E-state index in [4.69, 9.17) is 9.47 Å². The molecule has 0 spiro atoms. The van der Waals surface area contributed by atoms with Crippen LogP contribution in [-0.4, -0.2) is 44.4 Å². The zero-order chi connectivity index (χ0) is 11.8. The molecule has 0 aromatic carbocycles. The summed E-state index contributed by atoms with van der Waals surface area (Å²) in [4.78, 5) is 12.7. The van der Waals surface area contributed by atoms with E-state index in [0.717, 1.165) is 25.9 Å². The van der Waals surface area contributed by atoms with Crippen LogP contribution in [0.2, 0.25) is 0 Å². The van der Waals surface area contributed by atoms with Gasteiger partial charge in [-0.25, -0.2) is 0 Å². The Morgan fingerprint density at radius 2 is 2.31 bits per heavy atom. The molecule has 1 aliphatic rings. The molecular formula is C12H21NO3. The van der Waals surface area contributed by atoms with Crippen molar-refractivity contribution >= 4 is 5.91 Å². The summed E-state index contributed by atoms with van der Waals surface area (Å²) in [5, 5.41) is 0. The van der Waals surface area contributed by atoms with E-state index >= 15 is 0 Å². The molecule has 0 aromatic heterocycles. The fraction of sp³-hybridized carbons (Fsp3) is 0.750. The Balaban J connectivity index is 2.04. The third-order valence-corrected chi connectivity index (χ3v) is 2.43. The van der Waals surface area contributed by atoms with Gasteiger partial charge in [0.1, 0.15) is 0 Å². The van der Waals surface area contributed by atoms with E-state index in [1.54, 1.807) is 25.1 Å². The van der Waals surface area contributed by atoms with E-state index in [2.05, 4.69) is 0 Å². The molecule has 0 N–H and O–H groups in total. The molecule has 0 saturated carbocycles. The maximum absolute atomic E-state index is 11.2. The molecule has 4 heteroatoms. The quantitative estimate of drug-likeness (QED) is 0.528. The lowest BCUT2D eigenvalue weighted by molar-refractivity contribution is -0.161. The van der Waals surface area contributed by atoms with Gasteiger partial charge in [-0.15, -0.1) is 0 Å². The summed E-state index contributed by atoms with van der Waals surface area (Å²) in [5.41, 5.74) is 0. The molecule has 1 atom stereocenters. The van der Waals surface area contributed by atoms with Gasteiger partial charge in [-0.05, 0) is 31.8 Å². The van der Waals surface area contributed by atoms with Crippen LogP contribution in [0.3, 0.4) is 0 Å². The first-order valence-corrected chi connectivity index (χ1v) is 5.81. The zero-order valence-corrected chi connectivity index (χ0v) is 10.1. The minimum atomic E-state index is -0.0355. The first kappa shape index (κ1) is 13.2. The molecule has 0 radical (unpaired) electrons. The molecular weight excluding hydrogens is 206 g/mol. The molecule has 1 rings (SSSR count). The Labute approximate surface area is 97.2 Å². The van der Waals surface area contributed by atoms with E-state index < -0.39 is 0 Å². The van der Waals surface area contributed by atoms with Gasteiger partial charge in [0.2, 0.25) is 5.91 Å². The summed E-state index contributed by atoms with van der Waals surface area (Å²) in [6.07, 6.45) is 7.43. The Hall–Kier alpha value is -0.870. The molecule has 92 valence electrons. The highest BCUT2D eigenvalue weighted by Crippen LogP contribution is 2.13. The van der Waals surface area contributed by atoms with Crippen LogP contribution in [-0.2, 0) is 14.3 Å². The highest BCUT2D eigenvalue weighted by Gasteiger charge is 2.12. The SMILES string of the molecule is CN(C)C(=O)C=CCCOC1CCCCO1. The highest BCUT2D eigenvalue weighted by molar-refractivity contribution is 5.87. The standard InChI is InChI=1S/C12H21NO3/c1-13(2)11(14)7-3-5-9-15-12-8-4-6-10-16-12/h3,7,12H,4-6,8-10H2,1-2H3. The third kappa shape index (κ3) is 5.28. The van der Waals surface area contributed by atoms with Crippen molar-refractivity contribution in [2.75, 3.05) is 27.3 Å². The molecule has 1 unspecified atom stereocenters. The fourth-order valence-corrected chi connectivity index (χ4v) is 1.44. The van der Waals surface area contributed by atoms with E-state index in [-0.39, 0.29) is 12.2 Å². The van der Waals surface area contributed by atoms with Crippen molar-refractivity contribution in [3.63, 3.8) is 0 Å². The third-order valence-electron chi connectivity index (χ3n) is 2.43. The molecule has 1 aliphatic heterocycles. The van der Waals surface area contributed by atoms with Gasteiger partial charge in [-0.1, -0.05) is 6.08 Å². The first-order valence-electron chi connectivity index (χ1n) is 5.81. The van der Waals surface area contributed by atoms with Crippen LogP contribution in [0.5, 0.6) is 0 Å². The Morgan fingerprint density at radius 3 is 2.94 bits per heavy atom. The van der Waals surface area contributed by atoms with Crippen LogP contribution in [0.25, 0.3) is 0 Å². The van der Waals surface area contributed by atoms with Gasteiger partial charge in [-0.3, -0.25) is 4.79 Å².